The second kappa shape index (κ2) is 9.58. The van der Waals surface area contributed by atoms with Crippen molar-refractivity contribution in [2.75, 3.05) is 11.9 Å². The summed E-state index contributed by atoms with van der Waals surface area (Å²) < 4.78 is 5.54. The Morgan fingerprint density at radius 3 is 2.23 bits per heavy atom. The fourth-order valence-electron chi connectivity index (χ4n) is 4.63. The van der Waals surface area contributed by atoms with Gasteiger partial charge in [0.15, 0.2) is 0 Å². The van der Waals surface area contributed by atoms with Gasteiger partial charge in [-0.1, -0.05) is 54.6 Å². The number of nitrogens with zero attached hydrogens (tertiary/aromatic N) is 1. The lowest BCUT2D eigenvalue weighted by molar-refractivity contribution is -0.137. The first-order valence-corrected chi connectivity index (χ1v) is 11.6. The van der Waals surface area contributed by atoms with Gasteiger partial charge < -0.3 is 15.2 Å². The van der Waals surface area contributed by atoms with Crippen LogP contribution >= 0.6 is 0 Å². The molecular weight excluding hydrogens is 446 g/mol. The second-order valence-corrected chi connectivity index (χ2v) is 8.87. The lowest BCUT2D eigenvalue weighted by atomic mass is 9.98. The van der Waals surface area contributed by atoms with Crippen molar-refractivity contribution in [1.29, 1.82) is 0 Å². The van der Waals surface area contributed by atoms with Gasteiger partial charge in [-0.25, -0.2) is 9.78 Å². The molecule has 0 saturated heterocycles. The fraction of sp³-hybridized carbons (Fsp3) is 0.259. The molecule has 0 spiro atoms. The number of pyridine rings is 1. The van der Waals surface area contributed by atoms with Gasteiger partial charge >= 0.3 is 12.1 Å². The predicted molar refractivity (Wildman–Crippen MR) is 129 cm³/mol. The predicted octanol–water partition coefficient (Wildman–Crippen LogP) is 4.43. The maximum atomic E-state index is 12.6. The molecule has 1 fully saturated rings. The summed E-state index contributed by atoms with van der Waals surface area (Å²) >= 11 is 0. The Hall–Kier alpha value is -4.20. The van der Waals surface area contributed by atoms with Crippen molar-refractivity contribution in [2.45, 2.75) is 31.2 Å². The number of rotatable bonds is 8. The van der Waals surface area contributed by atoms with Crippen LogP contribution in [0.5, 0.6) is 0 Å². The molecule has 2 aliphatic rings. The standard InChI is InChI=1S/C27H25N3O5/c31-25(32)14-23(16-12-13-16)29-26(33)22-10-5-11-24(28-22)30-27(34)35-15-21-19-8-3-1-6-17(19)18-7-2-4-9-20(18)21/h1-11,16,21,23H,12-15H2,(H,29,33)(H,31,32)(H,28,30,34). The number of nitrogens with one attached hydrogen (secondary N) is 2. The molecule has 1 atom stereocenters. The number of hydrogen-bond donors (Lipinski definition) is 3. The summed E-state index contributed by atoms with van der Waals surface area (Å²) in [6.07, 6.45) is 0.997. The van der Waals surface area contributed by atoms with Gasteiger partial charge in [-0.15, -0.1) is 0 Å². The van der Waals surface area contributed by atoms with Crippen LogP contribution in [0.25, 0.3) is 11.1 Å². The SMILES string of the molecule is O=C(O)CC(NC(=O)c1cccc(NC(=O)OCC2c3ccccc3-c3ccccc32)n1)C1CC1. The van der Waals surface area contributed by atoms with Gasteiger partial charge in [0.1, 0.15) is 18.1 Å². The Labute approximate surface area is 202 Å². The van der Waals surface area contributed by atoms with E-state index in [-0.39, 0.29) is 36.4 Å². The minimum absolute atomic E-state index is 0.0631. The Balaban J connectivity index is 1.21. The maximum Gasteiger partial charge on any atom is 0.412 e. The van der Waals surface area contributed by atoms with E-state index in [0.29, 0.717) is 0 Å². The molecule has 1 saturated carbocycles. The van der Waals surface area contributed by atoms with Crippen LogP contribution in [0.4, 0.5) is 10.6 Å². The smallest absolute Gasteiger partial charge is 0.412 e. The van der Waals surface area contributed by atoms with Gasteiger partial charge in [-0.05, 0) is 53.1 Å². The zero-order chi connectivity index (χ0) is 24.4. The molecule has 1 heterocycles. The number of aliphatic carboxylic acids is 1. The molecule has 3 N–H and O–H groups in total. The quantitative estimate of drug-likeness (QED) is 0.448. The van der Waals surface area contributed by atoms with Crippen LogP contribution in [0.1, 0.15) is 46.8 Å². The molecule has 35 heavy (non-hydrogen) atoms. The van der Waals surface area contributed by atoms with Crippen LogP contribution in [0, 0.1) is 5.92 Å². The lowest BCUT2D eigenvalue weighted by Gasteiger charge is -2.16. The van der Waals surface area contributed by atoms with Crippen molar-refractivity contribution in [3.63, 3.8) is 0 Å². The van der Waals surface area contributed by atoms with E-state index in [9.17, 15) is 14.4 Å². The van der Waals surface area contributed by atoms with Gasteiger partial charge in [0.25, 0.3) is 5.91 Å². The summed E-state index contributed by atoms with van der Waals surface area (Å²) in [5.41, 5.74) is 4.61. The lowest BCUT2D eigenvalue weighted by Crippen LogP contribution is -2.38. The van der Waals surface area contributed by atoms with Crippen LogP contribution in [-0.4, -0.2) is 40.7 Å². The summed E-state index contributed by atoms with van der Waals surface area (Å²) in [5.74, 6) is -1.14. The van der Waals surface area contributed by atoms with Crippen molar-refractivity contribution >= 4 is 23.8 Å². The number of anilines is 1. The van der Waals surface area contributed by atoms with Gasteiger partial charge in [0.2, 0.25) is 0 Å². The van der Waals surface area contributed by atoms with Crippen molar-refractivity contribution in [2.24, 2.45) is 5.92 Å². The Morgan fingerprint density at radius 2 is 1.60 bits per heavy atom. The molecule has 0 radical (unpaired) electrons. The Morgan fingerprint density at radius 1 is 0.943 bits per heavy atom. The minimum atomic E-state index is -0.958. The van der Waals surface area contributed by atoms with Gasteiger partial charge in [0.05, 0.1) is 6.42 Å². The summed E-state index contributed by atoms with van der Waals surface area (Å²) in [6, 6.07) is 20.4. The largest absolute Gasteiger partial charge is 0.481 e. The number of ether oxygens (including phenoxy) is 1. The number of carbonyl (C=O) groups excluding carboxylic acids is 2. The van der Waals surface area contributed by atoms with Crippen LogP contribution < -0.4 is 10.6 Å². The van der Waals surface area contributed by atoms with Gasteiger partial charge in [0, 0.05) is 12.0 Å². The first kappa shape index (κ1) is 22.6. The fourth-order valence-corrected chi connectivity index (χ4v) is 4.63. The molecule has 5 rings (SSSR count). The molecule has 3 aromatic rings. The van der Waals surface area contributed by atoms with E-state index in [0.717, 1.165) is 35.1 Å². The molecule has 1 aromatic heterocycles. The third-order valence-corrected chi connectivity index (χ3v) is 6.46. The summed E-state index contributed by atoms with van der Waals surface area (Å²) in [5, 5.41) is 14.4. The second-order valence-electron chi connectivity index (χ2n) is 8.87. The highest BCUT2D eigenvalue weighted by molar-refractivity contribution is 5.94. The van der Waals surface area contributed by atoms with Crippen molar-refractivity contribution in [1.82, 2.24) is 10.3 Å². The molecule has 0 aliphatic heterocycles. The molecule has 2 amide bonds. The highest BCUT2D eigenvalue weighted by Crippen LogP contribution is 2.44. The first-order chi connectivity index (χ1) is 17.0. The molecule has 2 aliphatic carbocycles. The average molecular weight is 472 g/mol. The highest BCUT2D eigenvalue weighted by Gasteiger charge is 2.34. The number of carboxylic acids is 1. The topological polar surface area (TPSA) is 118 Å². The monoisotopic (exact) mass is 471 g/mol. The van der Waals surface area contributed by atoms with Crippen molar-refractivity contribution < 1.29 is 24.2 Å². The highest BCUT2D eigenvalue weighted by atomic mass is 16.5. The van der Waals surface area contributed by atoms with Crippen molar-refractivity contribution in [3.8, 4) is 11.1 Å². The number of amides is 2. The average Bonchev–Trinajstić information content (AvgIpc) is 3.65. The minimum Gasteiger partial charge on any atom is -0.481 e. The number of fused-ring (bicyclic) bond motifs is 3. The van der Waals surface area contributed by atoms with E-state index in [1.165, 1.54) is 6.07 Å². The summed E-state index contributed by atoms with van der Waals surface area (Å²) in [7, 11) is 0. The first-order valence-electron chi connectivity index (χ1n) is 11.6. The van der Waals surface area contributed by atoms with E-state index in [1.807, 2.05) is 36.4 Å². The molecule has 1 unspecified atom stereocenters. The summed E-state index contributed by atoms with van der Waals surface area (Å²) in [6.45, 7) is 0.165. The molecule has 0 bridgehead atoms. The number of carboxylic acid groups (broad SMARTS) is 1. The number of aromatic nitrogens is 1. The van der Waals surface area contributed by atoms with E-state index < -0.39 is 24.0 Å². The van der Waals surface area contributed by atoms with Crippen molar-refractivity contribution in [3.05, 3.63) is 83.6 Å². The normalized spacial score (nSPS) is 15.0. The third kappa shape index (κ3) is 5.01. The molecule has 8 heteroatoms. The number of hydrogen-bond acceptors (Lipinski definition) is 5. The molecule has 2 aromatic carbocycles. The molecule has 8 nitrogen and oxygen atoms in total. The zero-order valence-electron chi connectivity index (χ0n) is 18.9. The Kier molecular flexibility index (Phi) is 6.18. The maximum absolute atomic E-state index is 12.6. The van der Waals surface area contributed by atoms with Crippen LogP contribution in [0.3, 0.4) is 0 Å². The van der Waals surface area contributed by atoms with E-state index in [1.54, 1.807) is 12.1 Å². The molecular formula is C27H25N3O5. The number of carbonyl (C=O) groups is 3. The zero-order valence-corrected chi connectivity index (χ0v) is 18.9. The van der Waals surface area contributed by atoms with E-state index in [2.05, 4.69) is 27.8 Å². The number of benzene rings is 2. The molecule has 178 valence electrons. The van der Waals surface area contributed by atoms with Gasteiger partial charge in [-0.2, -0.15) is 0 Å². The van der Waals surface area contributed by atoms with E-state index in [4.69, 9.17) is 9.84 Å². The van der Waals surface area contributed by atoms with Crippen LogP contribution in [0.2, 0.25) is 0 Å². The van der Waals surface area contributed by atoms with Crippen LogP contribution in [-0.2, 0) is 9.53 Å². The summed E-state index contributed by atoms with van der Waals surface area (Å²) in [4.78, 5) is 40.5. The van der Waals surface area contributed by atoms with Gasteiger partial charge in [-0.3, -0.25) is 14.9 Å². The third-order valence-electron chi connectivity index (χ3n) is 6.46. The van der Waals surface area contributed by atoms with Crippen LogP contribution in [0.15, 0.2) is 66.7 Å². The van der Waals surface area contributed by atoms with E-state index >= 15 is 0 Å². The Bertz CT molecular complexity index is 1240.